The molecule has 0 aliphatic rings. The molecule has 0 unspecified atom stereocenters. The highest BCUT2D eigenvalue weighted by atomic mass is 16.4. The van der Waals surface area contributed by atoms with Crippen LogP contribution in [0.2, 0.25) is 0 Å². The van der Waals surface area contributed by atoms with Crippen LogP contribution in [-0.2, 0) is 49.7 Å². The highest BCUT2D eigenvalue weighted by Crippen LogP contribution is 2.21. The SMILES string of the molecule is N[C@@H](Cc1ccccc1)C(=O)N[C@@H](Cc1ccc(O)cc1)C(=O)N[C@@H](Cc1c[nH]c2ccccc12)C(=O)NCC(=O)N[C@@H](Cc1c[nH]c2ccccc12)C(=O)O. The Labute approximate surface area is 321 Å². The van der Waals surface area contributed by atoms with E-state index in [-0.39, 0.29) is 31.4 Å². The van der Waals surface area contributed by atoms with E-state index in [0.29, 0.717) is 16.7 Å². The average Bonchev–Trinajstić information content (AvgIpc) is 3.81. The molecule has 6 rings (SSSR count). The quantitative estimate of drug-likeness (QED) is 0.0670. The zero-order chi connectivity index (χ0) is 39.6. The molecule has 0 fully saturated rings. The van der Waals surface area contributed by atoms with Gasteiger partial charge in [0.2, 0.25) is 23.6 Å². The van der Waals surface area contributed by atoms with Gasteiger partial charge in [-0.25, -0.2) is 4.79 Å². The number of aromatic amines is 2. The first-order valence-electron chi connectivity index (χ1n) is 18.1. The summed E-state index contributed by atoms with van der Waals surface area (Å²) in [4.78, 5) is 72.8. The lowest BCUT2D eigenvalue weighted by molar-refractivity contribution is -0.141. The van der Waals surface area contributed by atoms with Crippen LogP contribution >= 0.6 is 0 Å². The summed E-state index contributed by atoms with van der Waals surface area (Å²) in [5, 5.41) is 32.0. The summed E-state index contributed by atoms with van der Waals surface area (Å²) < 4.78 is 0. The van der Waals surface area contributed by atoms with Crippen LogP contribution in [0, 0.1) is 0 Å². The third-order valence-corrected chi connectivity index (χ3v) is 9.53. The summed E-state index contributed by atoms with van der Waals surface area (Å²) in [6.45, 7) is -0.571. The average molecular weight is 758 g/mol. The molecule has 0 aliphatic carbocycles. The van der Waals surface area contributed by atoms with Crippen LogP contribution in [0.1, 0.15) is 22.3 Å². The van der Waals surface area contributed by atoms with E-state index in [2.05, 4.69) is 31.2 Å². The van der Waals surface area contributed by atoms with Crippen LogP contribution in [0.4, 0.5) is 0 Å². The van der Waals surface area contributed by atoms with Crippen molar-refractivity contribution in [2.24, 2.45) is 5.73 Å². The van der Waals surface area contributed by atoms with E-state index in [1.807, 2.05) is 78.9 Å². The van der Waals surface area contributed by atoms with Crippen molar-refractivity contribution in [1.29, 1.82) is 0 Å². The molecule has 10 N–H and O–H groups in total. The van der Waals surface area contributed by atoms with E-state index >= 15 is 0 Å². The van der Waals surface area contributed by atoms with Gasteiger partial charge in [0.25, 0.3) is 0 Å². The number of carbonyl (C=O) groups excluding carboxylic acids is 4. The van der Waals surface area contributed by atoms with E-state index in [4.69, 9.17) is 5.73 Å². The molecule has 0 bridgehead atoms. The molecule has 6 aromatic rings. The van der Waals surface area contributed by atoms with Crippen LogP contribution in [0.3, 0.4) is 0 Å². The number of nitrogens with one attached hydrogen (secondary N) is 6. The molecule has 0 aliphatic heterocycles. The van der Waals surface area contributed by atoms with Gasteiger partial charge in [0, 0.05) is 53.5 Å². The molecule has 14 heteroatoms. The summed E-state index contributed by atoms with van der Waals surface area (Å²) in [5.74, 6) is -3.94. The number of hydrogen-bond donors (Lipinski definition) is 9. The molecule has 2 aromatic heterocycles. The molecule has 0 saturated carbocycles. The van der Waals surface area contributed by atoms with Crippen molar-refractivity contribution in [3.63, 3.8) is 0 Å². The molecular weight excluding hydrogens is 715 g/mol. The second-order valence-electron chi connectivity index (χ2n) is 13.6. The van der Waals surface area contributed by atoms with Crippen molar-refractivity contribution >= 4 is 51.4 Å². The third kappa shape index (κ3) is 9.98. The number of aromatic hydroxyl groups is 1. The minimum absolute atomic E-state index is 0.00141. The number of carboxylic acid groups (broad SMARTS) is 1. The Morgan fingerprint density at radius 2 is 1.09 bits per heavy atom. The fourth-order valence-corrected chi connectivity index (χ4v) is 6.57. The Morgan fingerprint density at radius 1 is 0.571 bits per heavy atom. The molecule has 0 saturated heterocycles. The number of para-hydroxylation sites is 2. The van der Waals surface area contributed by atoms with Crippen LogP contribution in [0.25, 0.3) is 21.8 Å². The van der Waals surface area contributed by atoms with Gasteiger partial charge in [-0.05, 0) is 52.9 Å². The summed E-state index contributed by atoms with van der Waals surface area (Å²) in [7, 11) is 0. The van der Waals surface area contributed by atoms with Gasteiger partial charge in [0.05, 0.1) is 12.6 Å². The van der Waals surface area contributed by atoms with Crippen molar-refractivity contribution in [3.05, 3.63) is 138 Å². The Hall–Kier alpha value is -6.93. The standard InChI is InChI=1S/C42H43N7O7/c43-32(18-25-8-2-1-3-9-25)39(52)48-35(19-26-14-16-29(50)17-15-26)41(54)49-36(20-27-22-44-33-12-6-4-10-30(27)33)40(53)46-24-38(51)47-37(42(55)56)21-28-23-45-34-13-7-5-11-31(28)34/h1-17,22-23,32,35-37,44-45,50H,18-21,24,43H2,(H,46,53)(H,47,51)(H,48,52)(H,49,54)(H,55,56)/t32-,35-,36-,37-/m0/s1. The maximum atomic E-state index is 14.1. The van der Waals surface area contributed by atoms with Crippen molar-refractivity contribution < 1.29 is 34.2 Å². The smallest absolute Gasteiger partial charge is 0.326 e. The normalized spacial score (nSPS) is 13.3. The van der Waals surface area contributed by atoms with E-state index in [0.717, 1.165) is 27.4 Å². The lowest BCUT2D eigenvalue weighted by Gasteiger charge is -2.24. The van der Waals surface area contributed by atoms with Gasteiger partial charge in [0.1, 0.15) is 23.9 Å². The van der Waals surface area contributed by atoms with Crippen molar-refractivity contribution in [1.82, 2.24) is 31.2 Å². The zero-order valence-corrected chi connectivity index (χ0v) is 30.3. The lowest BCUT2D eigenvalue weighted by Crippen LogP contribution is -2.57. The highest BCUT2D eigenvalue weighted by molar-refractivity contribution is 5.95. The molecule has 2 heterocycles. The zero-order valence-electron chi connectivity index (χ0n) is 30.3. The monoisotopic (exact) mass is 757 g/mol. The Balaban J connectivity index is 1.18. The number of carboxylic acids is 1. The van der Waals surface area contributed by atoms with E-state index in [1.165, 1.54) is 12.1 Å². The number of aliphatic carboxylic acids is 1. The van der Waals surface area contributed by atoms with Crippen molar-refractivity contribution in [2.45, 2.75) is 49.9 Å². The van der Waals surface area contributed by atoms with Gasteiger partial charge >= 0.3 is 5.97 Å². The van der Waals surface area contributed by atoms with Crippen molar-refractivity contribution in [3.8, 4) is 5.75 Å². The number of amides is 4. The van der Waals surface area contributed by atoms with Crippen LogP contribution in [0.15, 0.2) is 116 Å². The summed E-state index contributed by atoms with van der Waals surface area (Å²) in [6.07, 6.45) is 3.66. The summed E-state index contributed by atoms with van der Waals surface area (Å²) in [5.41, 5.74) is 10.8. The second kappa shape index (κ2) is 17.9. The third-order valence-electron chi connectivity index (χ3n) is 9.53. The van der Waals surface area contributed by atoms with Crippen molar-refractivity contribution in [2.75, 3.05) is 6.54 Å². The first kappa shape index (κ1) is 38.8. The van der Waals surface area contributed by atoms with Crippen LogP contribution in [0.5, 0.6) is 5.75 Å². The number of aromatic nitrogens is 2. The second-order valence-corrected chi connectivity index (χ2v) is 13.6. The Kier molecular flexibility index (Phi) is 12.4. The number of benzene rings is 4. The fourth-order valence-electron chi connectivity index (χ4n) is 6.57. The number of phenolic OH excluding ortho intramolecular Hbond substituents is 1. The maximum Gasteiger partial charge on any atom is 0.326 e. The molecule has 56 heavy (non-hydrogen) atoms. The number of rotatable bonds is 17. The lowest BCUT2D eigenvalue weighted by atomic mass is 10.0. The molecule has 4 atom stereocenters. The number of hydrogen-bond acceptors (Lipinski definition) is 7. The van der Waals surface area contributed by atoms with E-state index in [1.54, 1.807) is 24.5 Å². The Bertz CT molecular complexity index is 2320. The van der Waals surface area contributed by atoms with Gasteiger partial charge in [-0.1, -0.05) is 78.9 Å². The van der Waals surface area contributed by atoms with Gasteiger partial charge in [0.15, 0.2) is 0 Å². The van der Waals surface area contributed by atoms with Gasteiger partial charge in [-0.15, -0.1) is 0 Å². The van der Waals surface area contributed by atoms with Crippen LogP contribution < -0.4 is 27.0 Å². The predicted octanol–water partition coefficient (Wildman–Crippen LogP) is 2.61. The number of nitrogens with two attached hydrogens (primary N) is 1. The fraction of sp³-hybridized carbons (Fsp3) is 0.214. The van der Waals surface area contributed by atoms with E-state index < -0.39 is 60.3 Å². The molecule has 0 radical (unpaired) electrons. The first-order chi connectivity index (χ1) is 27.0. The number of H-pyrrole nitrogens is 2. The molecule has 288 valence electrons. The first-order valence-corrected chi connectivity index (χ1v) is 18.1. The minimum Gasteiger partial charge on any atom is -0.508 e. The van der Waals surface area contributed by atoms with Gasteiger partial charge in [-0.3, -0.25) is 19.2 Å². The minimum atomic E-state index is -1.28. The predicted molar refractivity (Wildman–Crippen MR) is 210 cm³/mol. The number of phenols is 1. The maximum absolute atomic E-state index is 14.1. The van der Waals surface area contributed by atoms with Crippen LogP contribution in [-0.4, -0.2) is 80.5 Å². The largest absolute Gasteiger partial charge is 0.508 e. The molecule has 0 spiro atoms. The molecular formula is C42H43N7O7. The van der Waals surface area contributed by atoms with Gasteiger partial charge in [-0.2, -0.15) is 0 Å². The molecule has 14 nitrogen and oxygen atoms in total. The topological polar surface area (TPSA) is 232 Å². The highest BCUT2D eigenvalue weighted by Gasteiger charge is 2.30. The summed E-state index contributed by atoms with van der Waals surface area (Å²) >= 11 is 0. The summed E-state index contributed by atoms with van der Waals surface area (Å²) in [6, 6.07) is 25.5. The number of fused-ring (bicyclic) bond motifs is 2. The molecule has 4 amide bonds. The number of carbonyl (C=O) groups is 5. The van der Waals surface area contributed by atoms with Gasteiger partial charge < -0.3 is 47.2 Å². The van der Waals surface area contributed by atoms with E-state index in [9.17, 15) is 34.2 Å². The molecule has 4 aromatic carbocycles. The Morgan fingerprint density at radius 3 is 1.70 bits per heavy atom.